The molecule has 2 rings (SSSR count). The van der Waals surface area contributed by atoms with Gasteiger partial charge in [0.2, 0.25) is 0 Å². The van der Waals surface area contributed by atoms with Crippen molar-refractivity contribution >= 4 is 5.69 Å². The topological polar surface area (TPSA) is 38.0 Å². The van der Waals surface area contributed by atoms with Crippen molar-refractivity contribution in [2.24, 2.45) is 5.73 Å². The van der Waals surface area contributed by atoms with Gasteiger partial charge in [0.1, 0.15) is 0 Å². The van der Waals surface area contributed by atoms with Crippen molar-refractivity contribution in [2.75, 3.05) is 5.32 Å². The maximum Gasteiger partial charge on any atom is 0.0347 e. The van der Waals surface area contributed by atoms with E-state index in [1.807, 2.05) is 0 Å². The molecular formula is C14H22N2. The molecule has 16 heavy (non-hydrogen) atoms. The van der Waals surface area contributed by atoms with Crippen LogP contribution in [-0.4, -0.2) is 12.1 Å². The first kappa shape index (κ1) is 11.5. The lowest BCUT2D eigenvalue weighted by Crippen LogP contribution is -2.32. The summed E-state index contributed by atoms with van der Waals surface area (Å²) < 4.78 is 0. The Hall–Kier alpha value is -1.02. The molecule has 0 heterocycles. The van der Waals surface area contributed by atoms with E-state index in [2.05, 4.69) is 37.4 Å². The Balaban J connectivity index is 1.98. The summed E-state index contributed by atoms with van der Waals surface area (Å²) in [7, 11) is 0. The summed E-state index contributed by atoms with van der Waals surface area (Å²) in [4.78, 5) is 0. The first-order valence-corrected chi connectivity index (χ1v) is 6.24. The number of hydrogen-bond donors (Lipinski definition) is 2. The van der Waals surface area contributed by atoms with Crippen LogP contribution in [-0.2, 0) is 0 Å². The molecule has 0 aromatic heterocycles. The quantitative estimate of drug-likeness (QED) is 0.801. The van der Waals surface area contributed by atoms with Crippen LogP contribution in [0.2, 0.25) is 0 Å². The number of benzene rings is 1. The highest BCUT2D eigenvalue weighted by Crippen LogP contribution is 2.22. The number of rotatable bonds is 2. The fraction of sp³-hybridized carbons (Fsp3) is 0.571. The van der Waals surface area contributed by atoms with Gasteiger partial charge < -0.3 is 11.1 Å². The van der Waals surface area contributed by atoms with E-state index in [9.17, 15) is 0 Å². The molecule has 0 saturated heterocycles. The molecule has 0 atom stereocenters. The summed E-state index contributed by atoms with van der Waals surface area (Å²) in [6.07, 6.45) is 4.72. The van der Waals surface area contributed by atoms with Crippen LogP contribution in [0.3, 0.4) is 0 Å². The second kappa shape index (κ2) is 4.88. The van der Waals surface area contributed by atoms with E-state index in [1.165, 1.54) is 29.7 Å². The molecule has 1 aromatic carbocycles. The summed E-state index contributed by atoms with van der Waals surface area (Å²) in [6.45, 7) is 4.30. The van der Waals surface area contributed by atoms with Crippen molar-refractivity contribution in [3.8, 4) is 0 Å². The van der Waals surface area contributed by atoms with Crippen molar-refractivity contribution in [2.45, 2.75) is 51.6 Å². The average molecular weight is 218 g/mol. The number of nitrogens with two attached hydrogens (primary N) is 1. The molecule has 1 aliphatic carbocycles. The van der Waals surface area contributed by atoms with Gasteiger partial charge in [0.15, 0.2) is 0 Å². The molecule has 0 unspecified atom stereocenters. The summed E-state index contributed by atoms with van der Waals surface area (Å²) in [5.74, 6) is 0. The zero-order valence-electron chi connectivity index (χ0n) is 10.3. The molecule has 3 N–H and O–H groups in total. The Morgan fingerprint density at radius 2 is 1.56 bits per heavy atom. The zero-order chi connectivity index (χ0) is 11.5. The largest absolute Gasteiger partial charge is 0.382 e. The summed E-state index contributed by atoms with van der Waals surface area (Å²) in [5, 5.41) is 3.63. The minimum atomic E-state index is 0.428. The zero-order valence-corrected chi connectivity index (χ0v) is 10.3. The molecule has 1 aromatic rings. The first-order valence-electron chi connectivity index (χ1n) is 6.24. The standard InChI is InChI=1S/C14H22N2/c1-10-7-11(2)9-14(8-10)16-13-5-3-12(15)4-6-13/h7-9,12-13,16H,3-6,15H2,1-2H3. The maximum absolute atomic E-state index is 5.91. The third kappa shape index (κ3) is 2.99. The third-order valence-corrected chi connectivity index (χ3v) is 3.36. The lowest BCUT2D eigenvalue weighted by Gasteiger charge is -2.27. The molecule has 0 aliphatic heterocycles. The highest BCUT2D eigenvalue weighted by Gasteiger charge is 2.18. The second-order valence-electron chi connectivity index (χ2n) is 5.13. The minimum absolute atomic E-state index is 0.428. The summed E-state index contributed by atoms with van der Waals surface area (Å²) in [5.41, 5.74) is 9.83. The molecule has 0 amide bonds. The highest BCUT2D eigenvalue weighted by atomic mass is 14.9. The molecule has 1 saturated carbocycles. The van der Waals surface area contributed by atoms with Crippen LogP contribution < -0.4 is 11.1 Å². The van der Waals surface area contributed by atoms with E-state index in [-0.39, 0.29) is 0 Å². The Bertz CT molecular complexity index is 332. The Morgan fingerprint density at radius 3 is 2.12 bits per heavy atom. The van der Waals surface area contributed by atoms with E-state index in [0.717, 1.165) is 12.8 Å². The fourth-order valence-corrected chi connectivity index (χ4v) is 2.56. The van der Waals surface area contributed by atoms with Gasteiger partial charge in [-0.15, -0.1) is 0 Å². The van der Waals surface area contributed by atoms with Crippen molar-refractivity contribution in [3.05, 3.63) is 29.3 Å². The molecule has 2 heteroatoms. The van der Waals surface area contributed by atoms with Gasteiger partial charge in [0, 0.05) is 17.8 Å². The Kier molecular flexibility index (Phi) is 3.49. The minimum Gasteiger partial charge on any atom is -0.382 e. The van der Waals surface area contributed by atoms with Crippen LogP contribution in [0.4, 0.5) is 5.69 Å². The predicted octanol–water partition coefficient (Wildman–Crippen LogP) is 2.99. The van der Waals surface area contributed by atoms with Crippen LogP contribution in [0, 0.1) is 13.8 Å². The van der Waals surface area contributed by atoms with Crippen molar-refractivity contribution in [3.63, 3.8) is 0 Å². The summed E-state index contributed by atoms with van der Waals surface area (Å²) >= 11 is 0. The van der Waals surface area contributed by atoms with Crippen molar-refractivity contribution in [1.82, 2.24) is 0 Å². The van der Waals surface area contributed by atoms with Crippen LogP contribution >= 0.6 is 0 Å². The predicted molar refractivity (Wildman–Crippen MR) is 69.8 cm³/mol. The van der Waals surface area contributed by atoms with Crippen LogP contribution in [0.15, 0.2) is 18.2 Å². The molecule has 2 nitrogen and oxygen atoms in total. The molecule has 0 bridgehead atoms. The molecule has 1 aliphatic rings. The van der Waals surface area contributed by atoms with Crippen molar-refractivity contribution < 1.29 is 0 Å². The lowest BCUT2D eigenvalue weighted by molar-refractivity contribution is 0.411. The van der Waals surface area contributed by atoms with Gasteiger partial charge in [-0.3, -0.25) is 0 Å². The van der Waals surface area contributed by atoms with Gasteiger partial charge in [-0.1, -0.05) is 6.07 Å². The third-order valence-electron chi connectivity index (χ3n) is 3.36. The fourth-order valence-electron chi connectivity index (χ4n) is 2.56. The number of aryl methyl sites for hydroxylation is 2. The van der Waals surface area contributed by atoms with E-state index in [0.29, 0.717) is 12.1 Å². The Labute approximate surface area is 98.2 Å². The highest BCUT2D eigenvalue weighted by molar-refractivity contribution is 5.49. The molecule has 0 spiro atoms. The van der Waals surface area contributed by atoms with Crippen LogP contribution in [0.5, 0.6) is 0 Å². The summed E-state index contributed by atoms with van der Waals surface area (Å²) in [6, 6.07) is 7.70. The monoisotopic (exact) mass is 218 g/mol. The number of anilines is 1. The van der Waals surface area contributed by atoms with E-state index in [4.69, 9.17) is 5.73 Å². The smallest absolute Gasteiger partial charge is 0.0347 e. The molecule has 0 radical (unpaired) electrons. The second-order valence-corrected chi connectivity index (χ2v) is 5.13. The molecule has 88 valence electrons. The van der Waals surface area contributed by atoms with E-state index < -0.39 is 0 Å². The van der Waals surface area contributed by atoms with Gasteiger partial charge in [0.25, 0.3) is 0 Å². The van der Waals surface area contributed by atoms with Gasteiger partial charge in [-0.2, -0.15) is 0 Å². The van der Waals surface area contributed by atoms with E-state index >= 15 is 0 Å². The normalized spacial score (nSPS) is 25.4. The Morgan fingerprint density at radius 1 is 1.00 bits per heavy atom. The van der Waals surface area contributed by atoms with Gasteiger partial charge in [0.05, 0.1) is 0 Å². The maximum atomic E-state index is 5.91. The van der Waals surface area contributed by atoms with Crippen molar-refractivity contribution in [1.29, 1.82) is 0 Å². The average Bonchev–Trinajstić information content (AvgIpc) is 2.20. The van der Waals surface area contributed by atoms with Crippen LogP contribution in [0.1, 0.15) is 36.8 Å². The van der Waals surface area contributed by atoms with E-state index in [1.54, 1.807) is 0 Å². The number of hydrogen-bond acceptors (Lipinski definition) is 2. The number of nitrogens with one attached hydrogen (secondary N) is 1. The molecule has 1 fully saturated rings. The molecular weight excluding hydrogens is 196 g/mol. The SMILES string of the molecule is Cc1cc(C)cc(NC2CCC(N)CC2)c1. The van der Waals surface area contributed by atoms with Gasteiger partial charge in [-0.25, -0.2) is 0 Å². The first-order chi connectivity index (χ1) is 7.63. The van der Waals surface area contributed by atoms with Gasteiger partial charge in [-0.05, 0) is 62.8 Å². The van der Waals surface area contributed by atoms with Crippen LogP contribution in [0.25, 0.3) is 0 Å². The van der Waals surface area contributed by atoms with Gasteiger partial charge >= 0.3 is 0 Å². The lowest BCUT2D eigenvalue weighted by atomic mass is 9.91.